The maximum atomic E-state index is 11.5. The lowest BCUT2D eigenvalue weighted by molar-refractivity contribution is 0.202. The molecule has 0 spiro atoms. The van der Waals surface area contributed by atoms with E-state index in [1.807, 2.05) is 27.9 Å². The molecule has 0 aromatic rings. The Bertz CT molecular complexity index is 155. The number of carbonyl (C=O) groups is 1. The molecule has 0 aliphatic rings. The number of amides is 2. The molecular weight excluding hydrogens is 178 g/mol. The largest absolute Gasteiger partial charge is 0.338 e. The Morgan fingerprint density at radius 3 is 2.21 bits per heavy atom. The van der Waals surface area contributed by atoms with Gasteiger partial charge in [0.25, 0.3) is 0 Å². The first-order chi connectivity index (χ1) is 6.61. The first kappa shape index (κ1) is 13.2. The molecule has 84 valence electrons. The van der Waals surface area contributed by atoms with Crippen molar-refractivity contribution in [3.05, 3.63) is 0 Å². The molecule has 0 aromatic heterocycles. The molecule has 0 unspecified atom stereocenters. The van der Waals surface area contributed by atoms with Gasteiger partial charge in [0.15, 0.2) is 0 Å². The topological polar surface area (TPSA) is 35.6 Å². The fourth-order valence-electron chi connectivity index (χ4n) is 1.21. The summed E-state index contributed by atoms with van der Waals surface area (Å²) < 4.78 is 0. The highest BCUT2D eigenvalue weighted by molar-refractivity contribution is 5.73. The molecule has 0 radical (unpaired) electrons. The number of hydrogen-bond acceptors (Lipinski definition) is 2. The molecule has 0 saturated carbocycles. The fourth-order valence-corrected chi connectivity index (χ4v) is 1.21. The molecule has 14 heavy (non-hydrogen) atoms. The van der Waals surface area contributed by atoms with E-state index in [9.17, 15) is 4.79 Å². The monoisotopic (exact) mass is 201 g/mol. The maximum absolute atomic E-state index is 11.5. The van der Waals surface area contributed by atoms with Gasteiger partial charge in [0, 0.05) is 19.6 Å². The van der Waals surface area contributed by atoms with Crippen molar-refractivity contribution in [1.82, 2.24) is 15.1 Å². The number of hydrogen-bond donors (Lipinski definition) is 1. The van der Waals surface area contributed by atoms with Gasteiger partial charge < -0.3 is 15.1 Å². The second-order valence-corrected chi connectivity index (χ2v) is 3.56. The van der Waals surface area contributed by atoms with Gasteiger partial charge in [0.2, 0.25) is 0 Å². The average molecular weight is 201 g/mol. The first-order valence-electron chi connectivity index (χ1n) is 5.29. The molecule has 4 heteroatoms. The van der Waals surface area contributed by atoms with Crippen LogP contribution in [0.1, 0.15) is 20.3 Å². The summed E-state index contributed by atoms with van der Waals surface area (Å²) in [6.07, 6.45) is 1.00. The summed E-state index contributed by atoms with van der Waals surface area (Å²) in [5.74, 6) is 0. The van der Waals surface area contributed by atoms with E-state index >= 15 is 0 Å². The third-order valence-electron chi connectivity index (χ3n) is 2.11. The van der Waals surface area contributed by atoms with Crippen molar-refractivity contribution >= 4 is 6.03 Å². The smallest absolute Gasteiger partial charge is 0.317 e. The molecule has 0 bridgehead atoms. The second-order valence-electron chi connectivity index (χ2n) is 3.56. The normalized spacial score (nSPS) is 10.4. The Morgan fingerprint density at radius 2 is 1.79 bits per heavy atom. The number of carbonyl (C=O) groups excluding carboxylic acids is 1. The Labute approximate surface area is 87.3 Å². The van der Waals surface area contributed by atoms with Crippen LogP contribution >= 0.6 is 0 Å². The molecule has 2 amide bonds. The summed E-state index contributed by atoms with van der Waals surface area (Å²) in [6, 6.07) is 0.0498. The molecule has 0 heterocycles. The number of urea groups is 1. The van der Waals surface area contributed by atoms with E-state index in [4.69, 9.17) is 0 Å². The Hall–Kier alpha value is -0.770. The molecule has 0 saturated heterocycles. The van der Waals surface area contributed by atoms with E-state index in [2.05, 4.69) is 10.2 Å². The van der Waals surface area contributed by atoms with Crippen molar-refractivity contribution < 1.29 is 4.79 Å². The Kier molecular flexibility index (Phi) is 7.20. The van der Waals surface area contributed by atoms with Gasteiger partial charge in [0.05, 0.1) is 0 Å². The van der Waals surface area contributed by atoms with E-state index in [1.54, 1.807) is 4.90 Å². The molecule has 1 N–H and O–H groups in total. The van der Waals surface area contributed by atoms with Crippen LogP contribution in [-0.2, 0) is 0 Å². The van der Waals surface area contributed by atoms with E-state index in [1.165, 1.54) is 0 Å². The molecule has 0 rings (SSSR count). The minimum atomic E-state index is 0.0498. The fraction of sp³-hybridized carbons (Fsp3) is 0.900. The minimum Gasteiger partial charge on any atom is -0.338 e. The van der Waals surface area contributed by atoms with Crippen molar-refractivity contribution in [2.45, 2.75) is 20.3 Å². The zero-order chi connectivity index (χ0) is 11.0. The molecule has 0 aliphatic carbocycles. The average Bonchev–Trinajstić information content (AvgIpc) is 2.14. The zero-order valence-corrected chi connectivity index (χ0v) is 9.84. The predicted molar refractivity (Wildman–Crippen MR) is 59.5 cm³/mol. The number of rotatable bonds is 6. The predicted octanol–water partition coefficient (Wildman–Crippen LogP) is 0.989. The lowest BCUT2D eigenvalue weighted by Gasteiger charge is -2.19. The maximum Gasteiger partial charge on any atom is 0.317 e. The van der Waals surface area contributed by atoms with Gasteiger partial charge in [-0.25, -0.2) is 4.79 Å². The second kappa shape index (κ2) is 7.62. The summed E-state index contributed by atoms with van der Waals surface area (Å²) in [5.41, 5.74) is 0. The van der Waals surface area contributed by atoms with Crippen LogP contribution in [0.3, 0.4) is 0 Å². The molecule has 4 nitrogen and oxygen atoms in total. The highest BCUT2D eigenvalue weighted by Gasteiger charge is 2.06. The Morgan fingerprint density at radius 1 is 1.21 bits per heavy atom. The number of nitrogens with zero attached hydrogens (tertiary/aromatic N) is 2. The third-order valence-corrected chi connectivity index (χ3v) is 2.11. The van der Waals surface area contributed by atoms with Crippen LogP contribution in [0.25, 0.3) is 0 Å². The zero-order valence-electron chi connectivity index (χ0n) is 9.84. The van der Waals surface area contributed by atoms with Gasteiger partial charge in [-0.1, -0.05) is 0 Å². The minimum absolute atomic E-state index is 0.0498. The lowest BCUT2D eigenvalue weighted by Crippen LogP contribution is -2.40. The summed E-state index contributed by atoms with van der Waals surface area (Å²) in [7, 11) is 4.07. The van der Waals surface area contributed by atoms with Gasteiger partial charge in [-0.05, 0) is 40.9 Å². The van der Waals surface area contributed by atoms with Crippen LogP contribution in [0.4, 0.5) is 4.79 Å². The van der Waals surface area contributed by atoms with Crippen molar-refractivity contribution in [3.63, 3.8) is 0 Å². The molecule has 0 aliphatic heterocycles. The molecular formula is C10H23N3O. The highest BCUT2D eigenvalue weighted by atomic mass is 16.2. The van der Waals surface area contributed by atoms with Crippen molar-refractivity contribution in [2.24, 2.45) is 0 Å². The van der Waals surface area contributed by atoms with E-state index in [-0.39, 0.29) is 6.03 Å². The van der Waals surface area contributed by atoms with E-state index in [0.29, 0.717) is 0 Å². The summed E-state index contributed by atoms with van der Waals surface area (Å²) >= 11 is 0. The van der Waals surface area contributed by atoms with Crippen LogP contribution in [0, 0.1) is 0 Å². The van der Waals surface area contributed by atoms with Gasteiger partial charge in [0.1, 0.15) is 0 Å². The number of nitrogens with one attached hydrogen (secondary N) is 1. The van der Waals surface area contributed by atoms with Gasteiger partial charge in [-0.2, -0.15) is 0 Å². The quantitative estimate of drug-likeness (QED) is 0.650. The van der Waals surface area contributed by atoms with Crippen molar-refractivity contribution in [3.8, 4) is 0 Å². The highest BCUT2D eigenvalue weighted by Crippen LogP contribution is 1.88. The van der Waals surface area contributed by atoms with Crippen LogP contribution in [0.15, 0.2) is 0 Å². The summed E-state index contributed by atoms with van der Waals surface area (Å²) in [4.78, 5) is 15.4. The van der Waals surface area contributed by atoms with E-state index in [0.717, 1.165) is 32.6 Å². The van der Waals surface area contributed by atoms with Crippen LogP contribution < -0.4 is 5.32 Å². The standard InChI is InChI=1S/C10H23N3O/c1-5-13(6-2)10(14)11-8-7-9-12(3)4/h5-9H2,1-4H3,(H,11,14). The van der Waals surface area contributed by atoms with Gasteiger partial charge in [-0.3, -0.25) is 0 Å². The van der Waals surface area contributed by atoms with Crippen molar-refractivity contribution in [1.29, 1.82) is 0 Å². The van der Waals surface area contributed by atoms with Gasteiger partial charge >= 0.3 is 6.03 Å². The van der Waals surface area contributed by atoms with Crippen LogP contribution in [0.2, 0.25) is 0 Å². The third kappa shape index (κ3) is 5.80. The van der Waals surface area contributed by atoms with Gasteiger partial charge in [-0.15, -0.1) is 0 Å². The molecule has 0 aromatic carbocycles. The summed E-state index contributed by atoms with van der Waals surface area (Å²) in [6.45, 7) is 7.30. The molecule has 0 atom stereocenters. The Balaban J connectivity index is 3.52. The van der Waals surface area contributed by atoms with Crippen molar-refractivity contribution in [2.75, 3.05) is 40.3 Å². The first-order valence-corrected chi connectivity index (χ1v) is 5.29. The van der Waals surface area contributed by atoms with Crippen LogP contribution in [0.5, 0.6) is 0 Å². The molecule has 0 fully saturated rings. The summed E-state index contributed by atoms with van der Waals surface area (Å²) in [5, 5.41) is 2.90. The van der Waals surface area contributed by atoms with Crippen LogP contribution in [-0.4, -0.2) is 56.1 Å². The lowest BCUT2D eigenvalue weighted by atomic mass is 10.4. The van der Waals surface area contributed by atoms with E-state index < -0.39 is 0 Å². The SMILES string of the molecule is CCN(CC)C(=O)NCCCN(C)C.